The van der Waals surface area contributed by atoms with Gasteiger partial charge in [0, 0.05) is 23.1 Å². The average Bonchev–Trinajstić information content (AvgIpc) is 2.73. The summed E-state index contributed by atoms with van der Waals surface area (Å²) in [5.74, 6) is 0.530. The number of benzene rings is 2. The van der Waals surface area contributed by atoms with Crippen molar-refractivity contribution in [1.29, 1.82) is 0 Å². The number of rotatable bonds is 7. The van der Waals surface area contributed by atoms with Crippen molar-refractivity contribution in [2.24, 2.45) is 11.5 Å². The number of anilines is 1. The van der Waals surface area contributed by atoms with Crippen LogP contribution >= 0.6 is 0 Å². The Hall–Kier alpha value is -3.14. The van der Waals surface area contributed by atoms with Crippen molar-refractivity contribution >= 4 is 17.1 Å². The van der Waals surface area contributed by atoms with E-state index in [0.717, 1.165) is 22.5 Å². The molecule has 1 saturated carbocycles. The Labute approximate surface area is 168 Å². The highest BCUT2D eigenvalue weighted by atomic mass is 15.0. The predicted molar refractivity (Wildman–Crippen MR) is 120 cm³/mol. The lowest BCUT2D eigenvalue weighted by molar-refractivity contribution is 0.409. The van der Waals surface area contributed by atoms with Crippen LogP contribution in [0.5, 0.6) is 0 Å². The van der Waals surface area contributed by atoms with E-state index in [0.29, 0.717) is 17.6 Å². The van der Waals surface area contributed by atoms with Gasteiger partial charge in [0.1, 0.15) is 5.82 Å². The molecule has 0 heterocycles. The fourth-order valence-electron chi connectivity index (χ4n) is 3.48. The lowest BCUT2D eigenvalue weighted by Gasteiger charge is -2.25. The van der Waals surface area contributed by atoms with Crippen molar-refractivity contribution in [2.45, 2.75) is 38.1 Å². The summed E-state index contributed by atoms with van der Waals surface area (Å²) in [4.78, 5) is 0. The summed E-state index contributed by atoms with van der Waals surface area (Å²) in [7, 11) is 0. The SMILES string of the molecule is C=C(NC1CCCCC1)c1cccc(N/C(N)=C/C=C(\N)c2ccccc2)c1. The van der Waals surface area contributed by atoms with Gasteiger partial charge in [0.15, 0.2) is 0 Å². The van der Waals surface area contributed by atoms with E-state index in [4.69, 9.17) is 11.5 Å². The van der Waals surface area contributed by atoms with Crippen molar-refractivity contribution < 1.29 is 0 Å². The fourth-order valence-corrected chi connectivity index (χ4v) is 3.48. The minimum absolute atomic E-state index is 0.530. The van der Waals surface area contributed by atoms with E-state index in [2.05, 4.69) is 29.3 Å². The summed E-state index contributed by atoms with van der Waals surface area (Å²) < 4.78 is 0. The van der Waals surface area contributed by atoms with Crippen molar-refractivity contribution in [2.75, 3.05) is 5.32 Å². The van der Waals surface area contributed by atoms with Crippen LogP contribution in [0.1, 0.15) is 43.2 Å². The number of nitrogens with one attached hydrogen (secondary N) is 2. The predicted octanol–water partition coefficient (Wildman–Crippen LogP) is 4.79. The molecule has 0 saturated heterocycles. The second kappa shape index (κ2) is 9.70. The van der Waals surface area contributed by atoms with Gasteiger partial charge in [0.25, 0.3) is 0 Å². The zero-order valence-electron chi connectivity index (χ0n) is 16.3. The van der Waals surface area contributed by atoms with Crippen LogP contribution in [-0.2, 0) is 0 Å². The van der Waals surface area contributed by atoms with Crippen LogP contribution in [0.3, 0.4) is 0 Å². The first-order chi connectivity index (χ1) is 13.6. The third-order valence-corrected chi connectivity index (χ3v) is 5.03. The summed E-state index contributed by atoms with van der Waals surface area (Å²) >= 11 is 0. The lowest BCUT2D eigenvalue weighted by atomic mass is 9.95. The second-order valence-corrected chi connectivity index (χ2v) is 7.27. The van der Waals surface area contributed by atoms with Gasteiger partial charge >= 0.3 is 0 Å². The van der Waals surface area contributed by atoms with E-state index in [1.807, 2.05) is 48.5 Å². The molecule has 0 aromatic heterocycles. The minimum atomic E-state index is 0.530. The normalized spacial score (nSPS) is 15.9. The Morgan fingerprint density at radius 3 is 2.36 bits per heavy atom. The summed E-state index contributed by atoms with van der Waals surface area (Å²) in [6.07, 6.45) is 9.98. The molecule has 0 spiro atoms. The van der Waals surface area contributed by atoms with E-state index >= 15 is 0 Å². The molecule has 4 heteroatoms. The molecule has 0 amide bonds. The van der Waals surface area contributed by atoms with Crippen LogP contribution in [0.25, 0.3) is 11.4 Å². The van der Waals surface area contributed by atoms with Gasteiger partial charge in [0.2, 0.25) is 0 Å². The maximum atomic E-state index is 6.12. The highest BCUT2D eigenvalue weighted by Crippen LogP contribution is 2.22. The van der Waals surface area contributed by atoms with Gasteiger partial charge in [-0.15, -0.1) is 0 Å². The van der Waals surface area contributed by atoms with E-state index in [-0.39, 0.29) is 0 Å². The van der Waals surface area contributed by atoms with Crippen molar-refractivity contribution in [1.82, 2.24) is 5.32 Å². The van der Waals surface area contributed by atoms with Gasteiger partial charge < -0.3 is 22.1 Å². The zero-order chi connectivity index (χ0) is 19.8. The van der Waals surface area contributed by atoms with E-state index in [1.165, 1.54) is 32.1 Å². The quantitative estimate of drug-likeness (QED) is 0.526. The van der Waals surface area contributed by atoms with E-state index in [1.54, 1.807) is 6.08 Å². The monoisotopic (exact) mass is 374 g/mol. The number of allylic oxidation sites excluding steroid dienone is 2. The Bertz CT molecular complexity index is 846. The van der Waals surface area contributed by atoms with Crippen LogP contribution in [0.2, 0.25) is 0 Å². The maximum absolute atomic E-state index is 6.12. The summed E-state index contributed by atoms with van der Waals surface area (Å²) in [6.45, 7) is 4.22. The Morgan fingerprint density at radius 2 is 1.61 bits per heavy atom. The standard InChI is InChI=1S/C24H30N4/c1-18(27-21-12-6-3-7-13-21)20-11-8-14-22(17-20)28-24(26)16-15-23(25)19-9-4-2-5-10-19/h2,4-5,8-11,14-17,21,27-28H,1,3,6-7,12-13,25-26H2/b23-15-,24-16+. The smallest absolute Gasteiger partial charge is 0.101 e. The minimum Gasteiger partial charge on any atom is -0.398 e. The van der Waals surface area contributed by atoms with E-state index in [9.17, 15) is 0 Å². The second-order valence-electron chi connectivity index (χ2n) is 7.27. The molecule has 4 nitrogen and oxygen atoms in total. The fraction of sp³-hybridized carbons (Fsp3) is 0.250. The molecule has 2 aromatic rings. The summed E-state index contributed by atoms with van der Waals surface area (Å²) in [5, 5.41) is 6.80. The number of hydrogen-bond acceptors (Lipinski definition) is 4. The van der Waals surface area contributed by atoms with Gasteiger partial charge in [-0.2, -0.15) is 0 Å². The topological polar surface area (TPSA) is 76.1 Å². The summed E-state index contributed by atoms with van der Waals surface area (Å²) in [6, 6.07) is 18.5. The first-order valence-corrected chi connectivity index (χ1v) is 9.93. The molecule has 2 aromatic carbocycles. The van der Waals surface area contributed by atoms with Crippen molar-refractivity contribution in [3.05, 3.63) is 90.3 Å². The molecule has 0 aliphatic heterocycles. The molecule has 3 rings (SSSR count). The van der Waals surface area contributed by atoms with Crippen LogP contribution in [0.4, 0.5) is 5.69 Å². The van der Waals surface area contributed by atoms with E-state index < -0.39 is 0 Å². The van der Waals surface area contributed by atoms with Gasteiger partial charge in [-0.25, -0.2) is 0 Å². The number of hydrogen-bond donors (Lipinski definition) is 4. The van der Waals surface area contributed by atoms with Gasteiger partial charge in [-0.1, -0.05) is 68.3 Å². The first kappa shape index (κ1) is 19.6. The summed E-state index contributed by atoms with van der Waals surface area (Å²) in [5.41, 5.74) is 16.8. The Morgan fingerprint density at radius 1 is 0.893 bits per heavy atom. The molecular formula is C24H30N4. The zero-order valence-corrected chi connectivity index (χ0v) is 16.3. The third-order valence-electron chi connectivity index (χ3n) is 5.03. The molecule has 0 radical (unpaired) electrons. The number of nitrogens with two attached hydrogens (primary N) is 2. The Kier molecular flexibility index (Phi) is 6.79. The van der Waals surface area contributed by atoms with Gasteiger partial charge in [-0.3, -0.25) is 0 Å². The molecule has 6 N–H and O–H groups in total. The molecule has 1 aliphatic carbocycles. The van der Waals surface area contributed by atoms with Crippen molar-refractivity contribution in [3.63, 3.8) is 0 Å². The van der Waals surface area contributed by atoms with Crippen LogP contribution < -0.4 is 22.1 Å². The molecule has 0 bridgehead atoms. The molecule has 0 unspecified atom stereocenters. The van der Waals surface area contributed by atoms with Crippen LogP contribution in [0, 0.1) is 0 Å². The average molecular weight is 375 g/mol. The molecule has 28 heavy (non-hydrogen) atoms. The maximum Gasteiger partial charge on any atom is 0.101 e. The Balaban J connectivity index is 1.62. The first-order valence-electron chi connectivity index (χ1n) is 9.93. The molecule has 146 valence electrons. The van der Waals surface area contributed by atoms with Crippen LogP contribution in [-0.4, -0.2) is 6.04 Å². The van der Waals surface area contributed by atoms with Crippen molar-refractivity contribution in [3.8, 4) is 0 Å². The lowest BCUT2D eigenvalue weighted by Crippen LogP contribution is -2.29. The molecule has 0 atom stereocenters. The molecule has 1 fully saturated rings. The molecular weight excluding hydrogens is 344 g/mol. The van der Waals surface area contributed by atoms with Gasteiger partial charge in [-0.05, 0) is 48.3 Å². The van der Waals surface area contributed by atoms with Crippen LogP contribution in [0.15, 0.2) is 79.1 Å². The third kappa shape index (κ3) is 5.68. The van der Waals surface area contributed by atoms with Gasteiger partial charge in [0.05, 0.1) is 0 Å². The molecule has 1 aliphatic rings. The largest absolute Gasteiger partial charge is 0.398 e. The highest BCUT2D eigenvalue weighted by Gasteiger charge is 2.14. The highest BCUT2D eigenvalue weighted by molar-refractivity contribution is 5.67.